The van der Waals surface area contributed by atoms with E-state index in [4.69, 9.17) is 0 Å². The normalized spacial score (nSPS) is 10.0. The van der Waals surface area contributed by atoms with Crippen LogP contribution in [0.25, 0.3) is 0 Å². The number of carbonyl (C=O) groups excluding carboxylic acids is 2. The molecule has 0 bridgehead atoms. The molecule has 0 radical (unpaired) electrons. The average molecular weight is 312 g/mol. The summed E-state index contributed by atoms with van der Waals surface area (Å²) in [4.78, 5) is 23.5. The van der Waals surface area contributed by atoms with Crippen molar-refractivity contribution in [2.45, 2.75) is 13.8 Å². The number of nitrogens with one attached hydrogen (secondary N) is 2. The second-order valence-electron chi connectivity index (χ2n) is 5.35. The van der Waals surface area contributed by atoms with Crippen LogP contribution in [-0.2, 0) is 9.53 Å². The molecule has 0 heterocycles. The molecule has 0 atom stereocenters. The highest BCUT2D eigenvalue weighted by atomic mass is 16.5. The van der Waals surface area contributed by atoms with Gasteiger partial charge in [-0.3, -0.25) is 4.79 Å². The predicted octanol–water partition coefficient (Wildman–Crippen LogP) is 3.14. The monoisotopic (exact) mass is 312 g/mol. The van der Waals surface area contributed by atoms with Gasteiger partial charge >= 0.3 is 5.97 Å². The second kappa shape index (κ2) is 7.45. The van der Waals surface area contributed by atoms with Gasteiger partial charge in [0.05, 0.1) is 19.2 Å². The van der Waals surface area contributed by atoms with Gasteiger partial charge in [-0.1, -0.05) is 12.1 Å². The molecule has 1 amide bonds. The van der Waals surface area contributed by atoms with Crippen LogP contribution in [0, 0.1) is 13.8 Å². The molecule has 0 saturated heterocycles. The lowest BCUT2D eigenvalue weighted by atomic mass is 10.1. The first-order chi connectivity index (χ1) is 11.0. The van der Waals surface area contributed by atoms with Crippen molar-refractivity contribution in [1.82, 2.24) is 0 Å². The molecule has 0 aromatic heterocycles. The number of hydrogen-bond acceptors (Lipinski definition) is 4. The number of benzene rings is 2. The molecular formula is C18H20N2O3. The molecule has 0 saturated carbocycles. The third-order valence-electron chi connectivity index (χ3n) is 3.24. The Kier molecular flexibility index (Phi) is 5.36. The van der Waals surface area contributed by atoms with Crippen molar-refractivity contribution >= 4 is 23.3 Å². The minimum Gasteiger partial charge on any atom is -0.465 e. The summed E-state index contributed by atoms with van der Waals surface area (Å²) in [5.41, 5.74) is 4.13. The number of methoxy groups -OCH3 is 1. The second-order valence-corrected chi connectivity index (χ2v) is 5.35. The lowest BCUT2D eigenvalue weighted by Crippen LogP contribution is -2.22. The maximum atomic E-state index is 12.0. The molecule has 0 fully saturated rings. The zero-order valence-electron chi connectivity index (χ0n) is 13.5. The van der Waals surface area contributed by atoms with Crippen molar-refractivity contribution in [1.29, 1.82) is 0 Å². The summed E-state index contributed by atoms with van der Waals surface area (Å²) < 4.78 is 4.66. The zero-order valence-corrected chi connectivity index (χ0v) is 13.5. The van der Waals surface area contributed by atoms with Crippen molar-refractivity contribution < 1.29 is 14.3 Å². The van der Waals surface area contributed by atoms with Crippen LogP contribution in [0.3, 0.4) is 0 Å². The van der Waals surface area contributed by atoms with Gasteiger partial charge in [-0.15, -0.1) is 0 Å². The SMILES string of the molecule is COC(=O)c1cccc(NC(=O)CNc2cc(C)cc(C)c2)c1. The van der Waals surface area contributed by atoms with Gasteiger partial charge in [0.15, 0.2) is 0 Å². The maximum Gasteiger partial charge on any atom is 0.337 e. The number of rotatable bonds is 5. The lowest BCUT2D eigenvalue weighted by Gasteiger charge is -2.10. The highest BCUT2D eigenvalue weighted by Crippen LogP contribution is 2.14. The average Bonchev–Trinajstić information content (AvgIpc) is 2.51. The Morgan fingerprint density at radius 3 is 2.35 bits per heavy atom. The highest BCUT2D eigenvalue weighted by Gasteiger charge is 2.08. The summed E-state index contributed by atoms with van der Waals surface area (Å²) in [5.74, 6) is -0.624. The van der Waals surface area contributed by atoms with Crippen molar-refractivity contribution in [3.63, 3.8) is 0 Å². The number of anilines is 2. The van der Waals surface area contributed by atoms with Gasteiger partial charge in [0.1, 0.15) is 0 Å². The molecule has 2 N–H and O–H groups in total. The molecule has 2 aromatic carbocycles. The number of hydrogen-bond donors (Lipinski definition) is 2. The Bertz CT molecular complexity index is 706. The summed E-state index contributed by atoms with van der Waals surface area (Å²) in [6.45, 7) is 4.17. The molecule has 23 heavy (non-hydrogen) atoms. The number of ether oxygens (including phenoxy) is 1. The number of esters is 1. The van der Waals surface area contributed by atoms with E-state index in [1.807, 2.05) is 26.0 Å². The van der Waals surface area contributed by atoms with E-state index in [0.29, 0.717) is 11.3 Å². The first-order valence-electron chi connectivity index (χ1n) is 7.28. The Balaban J connectivity index is 1.96. The van der Waals surface area contributed by atoms with E-state index < -0.39 is 5.97 Å². The van der Waals surface area contributed by atoms with Crippen LogP contribution >= 0.6 is 0 Å². The molecule has 0 aliphatic carbocycles. The van der Waals surface area contributed by atoms with Crippen LogP contribution in [0.5, 0.6) is 0 Å². The van der Waals surface area contributed by atoms with Crippen LogP contribution in [-0.4, -0.2) is 25.5 Å². The Labute approximate surface area is 135 Å². The summed E-state index contributed by atoms with van der Waals surface area (Å²) in [7, 11) is 1.32. The van der Waals surface area contributed by atoms with Gasteiger partial charge in [0.2, 0.25) is 5.91 Å². The first-order valence-corrected chi connectivity index (χ1v) is 7.28. The smallest absolute Gasteiger partial charge is 0.337 e. The molecule has 2 rings (SSSR count). The molecule has 0 aliphatic heterocycles. The van der Waals surface area contributed by atoms with Gasteiger partial charge in [-0.25, -0.2) is 4.79 Å². The zero-order chi connectivity index (χ0) is 16.8. The van der Waals surface area contributed by atoms with Gasteiger partial charge in [0.25, 0.3) is 0 Å². The summed E-state index contributed by atoms with van der Waals surface area (Å²) in [5, 5.41) is 5.84. The fourth-order valence-corrected chi connectivity index (χ4v) is 2.31. The Morgan fingerprint density at radius 1 is 1.00 bits per heavy atom. The molecule has 0 unspecified atom stereocenters. The highest BCUT2D eigenvalue weighted by molar-refractivity contribution is 5.96. The molecule has 0 spiro atoms. The quantitative estimate of drug-likeness (QED) is 0.832. The Hall–Kier alpha value is -2.82. The van der Waals surface area contributed by atoms with Crippen LogP contribution in [0.15, 0.2) is 42.5 Å². The summed E-state index contributed by atoms with van der Waals surface area (Å²) >= 11 is 0. The summed E-state index contributed by atoms with van der Waals surface area (Å²) in [6.07, 6.45) is 0. The van der Waals surface area contributed by atoms with E-state index >= 15 is 0 Å². The fraction of sp³-hybridized carbons (Fsp3) is 0.222. The third kappa shape index (κ3) is 4.85. The van der Waals surface area contributed by atoms with E-state index in [-0.39, 0.29) is 12.5 Å². The topological polar surface area (TPSA) is 67.4 Å². The maximum absolute atomic E-state index is 12.0. The van der Waals surface area contributed by atoms with E-state index in [0.717, 1.165) is 16.8 Å². The fourth-order valence-electron chi connectivity index (χ4n) is 2.31. The van der Waals surface area contributed by atoms with E-state index in [1.165, 1.54) is 7.11 Å². The number of amides is 1. The molecule has 5 heteroatoms. The van der Waals surface area contributed by atoms with Crippen molar-refractivity contribution in [3.8, 4) is 0 Å². The van der Waals surface area contributed by atoms with Gasteiger partial charge in [-0.05, 0) is 55.3 Å². The minimum absolute atomic E-state index is 0.144. The van der Waals surface area contributed by atoms with Gasteiger partial charge < -0.3 is 15.4 Å². The largest absolute Gasteiger partial charge is 0.465 e. The Morgan fingerprint density at radius 2 is 1.70 bits per heavy atom. The molecular weight excluding hydrogens is 292 g/mol. The minimum atomic E-state index is -0.436. The number of carbonyl (C=O) groups is 2. The van der Waals surface area contributed by atoms with E-state index in [1.54, 1.807) is 24.3 Å². The summed E-state index contributed by atoms with van der Waals surface area (Å²) in [6, 6.07) is 12.7. The van der Waals surface area contributed by atoms with Crippen LogP contribution < -0.4 is 10.6 Å². The van der Waals surface area contributed by atoms with Crippen LogP contribution in [0.1, 0.15) is 21.5 Å². The van der Waals surface area contributed by atoms with Crippen molar-refractivity contribution in [2.75, 3.05) is 24.3 Å². The van der Waals surface area contributed by atoms with Crippen LogP contribution in [0.2, 0.25) is 0 Å². The molecule has 120 valence electrons. The third-order valence-corrected chi connectivity index (χ3v) is 3.24. The van der Waals surface area contributed by atoms with Gasteiger partial charge in [0, 0.05) is 11.4 Å². The van der Waals surface area contributed by atoms with Crippen LogP contribution in [0.4, 0.5) is 11.4 Å². The molecule has 0 aliphatic rings. The first kappa shape index (κ1) is 16.5. The standard InChI is InChI=1S/C18H20N2O3/c1-12-7-13(2)9-16(8-12)19-11-17(21)20-15-6-4-5-14(10-15)18(22)23-3/h4-10,19H,11H2,1-3H3,(H,20,21). The van der Waals surface area contributed by atoms with E-state index in [2.05, 4.69) is 21.4 Å². The molecule has 2 aromatic rings. The van der Waals surface area contributed by atoms with Crippen molar-refractivity contribution in [2.24, 2.45) is 0 Å². The molecule has 5 nitrogen and oxygen atoms in total. The number of aryl methyl sites for hydroxylation is 2. The van der Waals surface area contributed by atoms with Crippen molar-refractivity contribution in [3.05, 3.63) is 59.2 Å². The van der Waals surface area contributed by atoms with Gasteiger partial charge in [-0.2, -0.15) is 0 Å². The van der Waals surface area contributed by atoms with E-state index in [9.17, 15) is 9.59 Å². The predicted molar refractivity (Wildman–Crippen MR) is 90.8 cm³/mol. The lowest BCUT2D eigenvalue weighted by molar-refractivity contribution is -0.114.